The molecule has 0 saturated carbocycles. The van der Waals surface area contributed by atoms with Gasteiger partial charge in [0.05, 0.1) is 16.5 Å². The normalized spacial score (nSPS) is 23.8. The minimum absolute atomic E-state index is 0. The summed E-state index contributed by atoms with van der Waals surface area (Å²) in [7, 11) is 1.67. The molecule has 3 atom stereocenters. The molecule has 0 spiro atoms. The number of hydrogen-bond acceptors (Lipinski definition) is 3. The van der Waals surface area contributed by atoms with Crippen LogP contribution < -0.4 is 5.32 Å². The van der Waals surface area contributed by atoms with Gasteiger partial charge in [0.15, 0.2) is 0 Å². The topological polar surface area (TPSA) is 69.6 Å². The van der Waals surface area contributed by atoms with Gasteiger partial charge in [0.1, 0.15) is 5.54 Å². The Hall–Kier alpha value is -2.31. The number of carboxylic acids is 1. The van der Waals surface area contributed by atoms with Gasteiger partial charge in [-0.25, -0.2) is 0 Å². The lowest BCUT2D eigenvalue weighted by Gasteiger charge is -2.49. The van der Waals surface area contributed by atoms with E-state index in [1.165, 1.54) is 0 Å². The van der Waals surface area contributed by atoms with E-state index in [0.717, 1.165) is 61.9 Å². The molecule has 2 aliphatic rings. The third-order valence-corrected chi connectivity index (χ3v) is 8.70. The van der Waals surface area contributed by atoms with Crippen LogP contribution in [0.4, 0.5) is 0 Å². The first-order valence-corrected chi connectivity index (χ1v) is 14.2. The van der Waals surface area contributed by atoms with Gasteiger partial charge in [0.2, 0.25) is 5.91 Å². The number of likely N-dealkylation sites (N-methyl/N-ethyl adjacent to an activating group) is 1. The van der Waals surface area contributed by atoms with E-state index >= 15 is 0 Å². The van der Waals surface area contributed by atoms with Gasteiger partial charge >= 0.3 is 5.97 Å². The zero-order valence-corrected chi connectivity index (χ0v) is 24.8. The Morgan fingerprint density at radius 1 is 1.03 bits per heavy atom. The molecular weight excluding hydrogens is 555 g/mol. The molecule has 1 fully saturated rings. The zero-order valence-electron chi connectivity index (χ0n) is 22.5. The quantitative estimate of drug-likeness (QED) is 0.303. The van der Waals surface area contributed by atoms with Gasteiger partial charge in [0.25, 0.3) is 0 Å². The Morgan fingerprint density at radius 2 is 1.72 bits per heavy atom. The predicted molar refractivity (Wildman–Crippen MR) is 161 cm³/mol. The largest absolute Gasteiger partial charge is 0.481 e. The lowest BCUT2D eigenvalue weighted by atomic mass is 9.64. The molecule has 1 saturated heterocycles. The van der Waals surface area contributed by atoms with Crippen LogP contribution in [-0.2, 0) is 15.0 Å². The van der Waals surface area contributed by atoms with Crippen LogP contribution in [0, 0.1) is 0 Å². The van der Waals surface area contributed by atoms with E-state index < -0.39 is 16.9 Å². The summed E-state index contributed by atoms with van der Waals surface area (Å²) in [5.74, 6) is -1.18. The Balaban J connectivity index is 0.00000420. The van der Waals surface area contributed by atoms with Crippen LogP contribution in [0.5, 0.6) is 0 Å². The molecule has 2 N–H and O–H groups in total. The van der Waals surface area contributed by atoms with Gasteiger partial charge in [0, 0.05) is 18.4 Å². The second kappa shape index (κ2) is 13.4. The molecule has 1 aliphatic carbocycles. The third kappa shape index (κ3) is 6.22. The van der Waals surface area contributed by atoms with Crippen molar-refractivity contribution in [1.82, 2.24) is 10.2 Å². The van der Waals surface area contributed by atoms with E-state index in [4.69, 9.17) is 23.2 Å². The molecule has 5 nitrogen and oxygen atoms in total. The van der Waals surface area contributed by atoms with Gasteiger partial charge in [-0.1, -0.05) is 97.6 Å². The molecule has 2 aromatic rings. The van der Waals surface area contributed by atoms with E-state index in [2.05, 4.69) is 23.2 Å². The van der Waals surface area contributed by atoms with Gasteiger partial charge in [-0.15, -0.1) is 12.4 Å². The van der Waals surface area contributed by atoms with Crippen molar-refractivity contribution in [3.05, 3.63) is 93.5 Å². The van der Waals surface area contributed by atoms with Crippen LogP contribution in [0.15, 0.2) is 72.3 Å². The summed E-state index contributed by atoms with van der Waals surface area (Å²) in [6.45, 7) is 3.69. The Bertz CT molecular complexity index is 1230. The molecule has 210 valence electrons. The molecule has 39 heavy (non-hydrogen) atoms. The van der Waals surface area contributed by atoms with Crippen LogP contribution >= 0.6 is 35.6 Å². The van der Waals surface area contributed by atoms with Gasteiger partial charge in [-0.2, -0.15) is 0 Å². The standard InChI is InChI=1S/C31H36Cl2N2O3.ClH/c1-3-10-24(22-13-14-26(32)27(33)19-22)25-20-30(21-28(36)37,23-11-6-4-7-12-23)15-16-31(25,29(38)34-2)35-17-8-5-9-18-35;/h4,6-7,11-16,19-20,24H,3,5,8-10,17-18,21H2,1-2H3,(H,34,38)(H,36,37);1H. The molecule has 4 rings (SSSR count). The van der Waals surface area contributed by atoms with Crippen molar-refractivity contribution in [2.24, 2.45) is 0 Å². The van der Waals surface area contributed by atoms with Gasteiger partial charge < -0.3 is 10.4 Å². The van der Waals surface area contributed by atoms with Crippen LogP contribution in [0.25, 0.3) is 0 Å². The fourth-order valence-corrected chi connectivity index (χ4v) is 6.46. The van der Waals surface area contributed by atoms with E-state index in [0.29, 0.717) is 10.0 Å². The maximum atomic E-state index is 14.0. The molecule has 0 aromatic heterocycles. The molecule has 2 aromatic carbocycles. The number of nitrogens with zero attached hydrogens (tertiary/aromatic N) is 1. The van der Waals surface area contributed by atoms with E-state index in [1.54, 1.807) is 13.1 Å². The van der Waals surface area contributed by atoms with Crippen molar-refractivity contribution in [1.29, 1.82) is 0 Å². The number of amides is 1. The summed E-state index contributed by atoms with van der Waals surface area (Å²) in [6.07, 6.45) is 10.6. The first-order valence-electron chi connectivity index (χ1n) is 13.4. The number of benzene rings is 2. The highest BCUT2D eigenvalue weighted by atomic mass is 35.5. The monoisotopic (exact) mass is 590 g/mol. The molecule has 1 heterocycles. The van der Waals surface area contributed by atoms with Crippen LogP contribution in [0.1, 0.15) is 62.5 Å². The van der Waals surface area contributed by atoms with Crippen molar-refractivity contribution in [3.63, 3.8) is 0 Å². The molecule has 0 bridgehead atoms. The number of aliphatic carboxylic acids is 1. The molecule has 8 heteroatoms. The second-order valence-electron chi connectivity index (χ2n) is 10.3. The maximum Gasteiger partial charge on any atom is 0.304 e. The van der Waals surface area contributed by atoms with Crippen molar-refractivity contribution in [2.75, 3.05) is 20.1 Å². The molecule has 1 amide bonds. The maximum absolute atomic E-state index is 14.0. The minimum atomic E-state index is -1.04. The van der Waals surface area contributed by atoms with Gasteiger partial charge in [-0.05, 0) is 61.2 Å². The SMILES string of the molecule is CCCC(C1=CC(CC(=O)O)(c2ccccc2)C=CC1(C(=O)NC)N1CCCCC1)c1ccc(Cl)c(Cl)c1.Cl. The first kappa shape index (κ1) is 31.2. The molecule has 3 unspecified atom stereocenters. The molecule has 0 radical (unpaired) electrons. The fraction of sp³-hybridized carbons (Fsp3) is 0.419. The number of carbonyl (C=O) groups is 2. The smallest absolute Gasteiger partial charge is 0.304 e. The van der Waals surface area contributed by atoms with Crippen LogP contribution in [-0.4, -0.2) is 47.6 Å². The minimum Gasteiger partial charge on any atom is -0.481 e. The number of hydrogen-bond donors (Lipinski definition) is 2. The number of nitrogens with one attached hydrogen (secondary N) is 1. The zero-order chi connectivity index (χ0) is 27.3. The van der Waals surface area contributed by atoms with E-state index in [1.807, 2.05) is 54.6 Å². The molecule has 1 aliphatic heterocycles. The third-order valence-electron chi connectivity index (χ3n) is 7.96. The number of piperidine rings is 1. The van der Waals surface area contributed by atoms with Crippen LogP contribution in [0.2, 0.25) is 10.0 Å². The highest BCUT2D eigenvalue weighted by Crippen LogP contribution is 2.49. The number of allylic oxidation sites excluding steroid dienone is 2. The van der Waals surface area contributed by atoms with Gasteiger partial charge in [-0.3, -0.25) is 14.5 Å². The van der Waals surface area contributed by atoms with Crippen molar-refractivity contribution >= 4 is 47.5 Å². The van der Waals surface area contributed by atoms with E-state index in [9.17, 15) is 14.7 Å². The lowest BCUT2D eigenvalue weighted by Crippen LogP contribution is -2.61. The highest BCUT2D eigenvalue weighted by Gasteiger charge is 2.51. The number of halogens is 3. The predicted octanol–water partition coefficient (Wildman–Crippen LogP) is 7.18. The van der Waals surface area contributed by atoms with Crippen molar-refractivity contribution in [2.45, 2.75) is 62.3 Å². The Kier molecular flexibility index (Phi) is 10.7. The average molecular weight is 592 g/mol. The summed E-state index contributed by atoms with van der Waals surface area (Å²) in [6, 6.07) is 15.3. The van der Waals surface area contributed by atoms with Crippen LogP contribution in [0.3, 0.4) is 0 Å². The average Bonchev–Trinajstić information content (AvgIpc) is 2.93. The Morgan fingerprint density at radius 3 is 2.31 bits per heavy atom. The number of carboxylic acid groups (broad SMARTS) is 1. The van der Waals surface area contributed by atoms with E-state index in [-0.39, 0.29) is 30.7 Å². The summed E-state index contributed by atoms with van der Waals surface area (Å²) in [4.78, 5) is 28.6. The lowest BCUT2D eigenvalue weighted by molar-refractivity contribution is -0.137. The number of carbonyl (C=O) groups excluding carboxylic acids is 1. The number of rotatable bonds is 9. The fourth-order valence-electron chi connectivity index (χ4n) is 6.15. The summed E-state index contributed by atoms with van der Waals surface area (Å²) in [5, 5.41) is 13.9. The summed E-state index contributed by atoms with van der Waals surface area (Å²) in [5.41, 5.74) is 0.789. The van der Waals surface area contributed by atoms with Crippen molar-refractivity contribution in [3.8, 4) is 0 Å². The Labute approximate surface area is 247 Å². The second-order valence-corrected chi connectivity index (χ2v) is 11.1. The molecular formula is C31H37Cl3N2O3. The number of likely N-dealkylation sites (tertiary alicyclic amines) is 1. The van der Waals surface area contributed by atoms with Crippen molar-refractivity contribution < 1.29 is 14.7 Å². The highest BCUT2D eigenvalue weighted by molar-refractivity contribution is 6.42. The summed E-state index contributed by atoms with van der Waals surface area (Å²) < 4.78 is 0. The first-order chi connectivity index (χ1) is 18.3. The summed E-state index contributed by atoms with van der Waals surface area (Å²) >= 11 is 12.8.